The Morgan fingerprint density at radius 1 is 1.15 bits per heavy atom. The molecule has 12 nitrogen and oxygen atoms in total. The van der Waals surface area contributed by atoms with Crippen molar-refractivity contribution in [3.05, 3.63) is 51.6 Å². The molecule has 2 atom stereocenters. The fourth-order valence-corrected chi connectivity index (χ4v) is 8.56. The van der Waals surface area contributed by atoms with Gasteiger partial charge in [0, 0.05) is 31.1 Å². The topological polar surface area (TPSA) is 144 Å². The number of alkyl halides is 1. The highest BCUT2D eigenvalue weighted by atomic mass is 32.1. The van der Waals surface area contributed by atoms with Crippen LogP contribution in [0.3, 0.4) is 0 Å². The van der Waals surface area contributed by atoms with E-state index in [0.717, 1.165) is 30.7 Å². The van der Waals surface area contributed by atoms with E-state index in [-0.39, 0.29) is 68.5 Å². The Bertz CT molecular complexity index is 2260. The highest BCUT2D eigenvalue weighted by Crippen LogP contribution is 2.44. The van der Waals surface area contributed by atoms with Gasteiger partial charge in [0.2, 0.25) is 0 Å². The van der Waals surface area contributed by atoms with Crippen molar-refractivity contribution in [1.82, 2.24) is 34.2 Å². The average Bonchev–Trinajstić information content (AvgIpc) is 3.36. The maximum Gasteiger partial charge on any atom is 0.319 e. The molecule has 1 aromatic carbocycles. The Hall–Kier alpha value is -4.75. The Labute approximate surface area is 275 Å². The SMILES string of the molecule is N#Cc1cnn2c1CN(c1nc(OC[C@@]34CCCN3C[C@H](F)C4)nc3c(F)c(-c4ccc(F)c5sc(N)nc45)n(C4CC4)c(=O)c13)CC2. The number of nitrogens with zero attached hydrogens (tertiary/aromatic N) is 9. The van der Waals surface area contributed by atoms with E-state index >= 15 is 4.39 Å². The molecule has 7 heterocycles. The lowest BCUT2D eigenvalue weighted by atomic mass is 9.95. The van der Waals surface area contributed by atoms with Crippen LogP contribution in [0, 0.1) is 23.0 Å². The first-order valence-electron chi connectivity index (χ1n) is 16.0. The van der Waals surface area contributed by atoms with Crippen LogP contribution in [0.25, 0.3) is 32.4 Å². The average molecular weight is 675 g/mol. The van der Waals surface area contributed by atoms with Gasteiger partial charge in [-0.3, -0.25) is 14.4 Å². The molecule has 3 aliphatic heterocycles. The highest BCUT2D eigenvalue weighted by Gasteiger charge is 2.49. The summed E-state index contributed by atoms with van der Waals surface area (Å²) in [5.74, 6) is -1.17. The maximum atomic E-state index is 17.3. The van der Waals surface area contributed by atoms with Crippen molar-refractivity contribution in [2.24, 2.45) is 0 Å². The molecule has 2 N–H and O–H groups in total. The molecule has 0 unspecified atom stereocenters. The van der Waals surface area contributed by atoms with Crippen LogP contribution >= 0.6 is 11.3 Å². The van der Waals surface area contributed by atoms with Gasteiger partial charge in [-0.2, -0.15) is 20.3 Å². The summed E-state index contributed by atoms with van der Waals surface area (Å²) in [7, 11) is 0. The van der Waals surface area contributed by atoms with Gasteiger partial charge in [0.05, 0.1) is 52.0 Å². The number of ether oxygens (including phenoxy) is 1. The van der Waals surface area contributed by atoms with E-state index in [0.29, 0.717) is 50.2 Å². The summed E-state index contributed by atoms with van der Waals surface area (Å²) in [6, 6.07) is 4.36. The molecule has 0 bridgehead atoms. The summed E-state index contributed by atoms with van der Waals surface area (Å²) in [5, 5.41) is 14.1. The third kappa shape index (κ3) is 4.40. The van der Waals surface area contributed by atoms with Gasteiger partial charge in [-0.1, -0.05) is 11.3 Å². The molecule has 9 rings (SSSR count). The number of halogens is 3. The number of aromatic nitrogens is 6. The van der Waals surface area contributed by atoms with Crippen molar-refractivity contribution < 1.29 is 17.9 Å². The summed E-state index contributed by atoms with van der Waals surface area (Å²) in [5.41, 5.74) is 6.07. The normalized spacial score (nSPS) is 22.4. The Kier molecular flexibility index (Phi) is 6.51. The minimum absolute atomic E-state index is 0.0246. The smallest absolute Gasteiger partial charge is 0.319 e. The van der Waals surface area contributed by atoms with Crippen molar-refractivity contribution in [2.75, 3.05) is 36.9 Å². The number of fused-ring (bicyclic) bond motifs is 4. The van der Waals surface area contributed by atoms with E-state index in [9.17, 15) is 18.8 Å². The van der Waals surface area contributed by atoms with E-state index in [4.69, 9.17) is 15.5 Å². The van der Waals surface area contributed by atoms with Crippen molar-refractivity contribution in [3.63, 3.8) is 0 Å². The number of pyridine rings is 1. The van der Waals surface area contributed by atoms with Gasteiger partial charge in [0.25, 0.3) is 5.56 Å². The number of rotatable bonds is 6. The number of nitrogens with two attached hydrogens (primary N) is 1. The first-order valence-corrected chi connectivity index (χ1v) is 16.8. The number of hydrogen-bond acceptors (Lipinski definition) is 11. The molecule has 3 fully saturated rings. The van der Waals surface area contributed by atoms with E-state index < -0.39 is 28.9 Å². The molecule has 246 valence electrons. The third-order valence-corrected chi connectivity index (χ3v) is 11.1. The predicted octanol–water partition coefficient (Wildman–Crippen LogP) is 4.31. The molecular weight excluding hydrogens is 645 g/mol. The molecule has 4 aliphatic rings. The standard InChI is InChI=1S/C32H29F3N10O2S/c33-17-10-32(6-1-7-43(32)13-17)15-47-31-40-25-22(28(41-31)42-8-9-44-21(14-42)16(11-36)12-38-44)29(46)45(18-2-3-18)26(23(25)35)19-4-5-20(34)27-24(19)39-30(37)48-27/h4-5,12,17-18H,1-3,6-10,13-15H2,(H2,37,39)/t17-,32+/m1/s1. The summed E-state index contributed by atoms with van der Waals surface area (Å²) in [6.07, 6.45) is 3.82. The molecule has 4 aromatic heterocycles. The van der Waals surface area contributed by atoms with Crippen molar-refractivity contribution >= 4 is 43.4 Å². The molecule has 0 radical (unpaired) electrons. The van der Waals surface area contributed by atoms with Crippen molar-refractivity contribution in [1.29, 1.82) is 5.26 Å². The fraction of sp³-hybridized carbons (Fsp3) is 0.438. The van der Waals surface area contributed by atoms with Gasteiger partial charge in [0.1, 0.15) is 41.4 Å². The number of thiazole rings is 1. The van der Waals surface area contributed by atoms with Crippen LogP contribution in [0.2, 0.25) is 0 Å². The molecule has 0 spiro atoms. The van der Waals surface area contributed by atoms with Gasteiger partial charge in [-0.05, 0) is 44.4 Å². The Morgan fingerprint density at radius 3 is 2.81 bits per heavy atom. The zero-order valence-corrected chi connectivity index (χ0v) is 26.4. The van der Waals surface area contributed by atoms with Crippen molar-refractivity contribution in [3.8, 4) is 23.3 Å². The first-order chi connectivity index (χ1) is 23.2. The van der Waals surface area contributed by atoms with Crippen LogP contribution in [0.5, 0.6) is 6.01 Å². The number of anilines is 2. The van der Waals surface area contributed by atoms with Gasteiger partial charge in [0.15, 0.2) is 10.9 Å². The summed E-state index contributed by atoms with van der Waals surface area (Å²) < 4.78 is 56.2. The second-order valence-corrected chi connectivity index (χ2v) is 14.1. The van der Waals surface area contributed by atoms with Crippen LogP contribution in [0.1, 0.15) is 49.4 Å². The number of nitrogen functional groups attached to an aromatic ring is 1. The molecule has 0 amide bonds. The van der Waals surface area contributed by atoms with Gasteiger partial charge in [-0.15, -0.1) is 0 Å². The zero-order valence-electron chi connectivity index (χ0n) is 25.6. The first kappa shape index (κ1) is 29.4. The minimum Gasteiger partial charge on any atom is -0.461 e. The van der Waals surface area contributed by atoms with E-state index in [1.807, 2.05) is 4.90 Å². The lowest BCUT2D eigenvalue weighted by Crippen LogP contribution is -2.43. The summed E-state index contributed by atoms with van der Waals surface area (Å²) >= 11 is 0.948. The maximum absolute atomic E-state index is 17.3. The quantitative estimate of drug-likeness (QED) is 0.277. The van der Waals surface area contributed by atoms with Crippen LogP contribution in [0.4, 0.5) is 24.1 Å². The zero-order chi connectivity index (χ0) is 32.9. The molecule has 1 aliphatic carbocycles. The largest absolute Gasteiger partial charge is 0.461 e. The molecule has 16 heteroatoms. The third-order valence-electron chi connectivity index (χ3n) is 10.2. The molecule has 1 saturated carbocycles. The monoisotopic (exact) mass is 674 g/mol. The second-order valence-electron chi connectivity index (χ2n) is 13.1. The van der Waals surface area contributed by atoms with Crippen molar-refractivity contribution in [2.45, 2.75) is 62.9 Å². The predicted molar refractivity (Wildman–Crippen MR) is 172 cm³/mol. The van der Waals surface area contributed by atoms with Gasteiger partial charge >= 0.3 is 6.01 Å². The van der Waals surface area contributed by atoms with Crippen LogP contribution in [-0.2, 0) is 13.1 Å². The molecule has 2 saturated heterocycles. The molecular formula is C32H29F3N10O2S. The summed E-state index contributed by atoms with van der Waals surface area (Å²) in [4.78, 5) is 32.1. The van der Waals surface area contributed by atoms with E-state index in [2.05, 4.69) is 26.0 Å². The lowest BCUT2D eigenvalue weighted by Gasteiger charge is -2.32. The Balaban J connectivity index is 1.25. The van der Waals surface area contributed by atoms with Crippen LogP contribution in [-0.4, -0.2) is 72.2 Å². The van der Waals surface area contributed by atoms with Crippen LogP contribution in [0.15, 0.2) is 23.1 Å². The minimum atomic E-state index is -0.970. The van der Waals surface area contributed by atoms with E-state index in [1.165, 1.54) is 22.9 Å². The van der Waals surface area contributed by atoms with Gasteiger partial charge < -0.3 is 19.9 Å². The van der Waals surface area contributed by atoms with Gasteiger partial charge in [-0.25, -0.2) is 18.2 Å². The van der Waals surface area contributed by atoms with Crippen LogP contribution < -0.4 is 20.9 Å². The number of benzene rings is 1. The highest BCUT2D eigenvalue weighted by molar-refractivity contribution is 7.22. The second kappa shape index (κ2) is 10.6. The molecule has 48 heavy (non-hydrogen) atoms. The number of hydrogen-bond donors (Lipinski definition) is 1. The fourth-order valence-electron chi connectivity index (χ4n) is 7.80. The molecule has 5 aromatic rings. The van der Waals surface area contributed by atoms with E-state index in [1.54, 1.807) is 4.68 Å². The summed E-state index contributed by atoms with van der Waals surface area (Å²) in [6.45, 7) is 2.18. The lowest BCUT2D eigenvalue weighted by molar-refractivity contribution is 0.107. The number of nitriles is 1. The Morgan fingerprint density at radius 2 is 2.00 bits per heavy atom.